The Labute approximate surface area is 224 Å². The van der Waals surface area contributed by atoms with Gasteiger partial charge in [0.1, 0.15) is 22.9 Å². The number of thioether (sulfide) groups is 1. The van der Waals surface area contributed by atoms with Crippen molar-refractivity contribution in [3.63, 3.8) is 0 Å². The Hall–Kier alpha value is -3.63. The summed E-state index contributed by atoms with van der Waals surface area (Å²) in [4.78, 5) is 25.4. The molecule has 8 nitrogen and oxygen atoms in total. The number of nitrogens with one attached hydrogen (secondary N) is 1. The highest BCUT2D eigenvalue weighted by atomic mass is 32.2. The first-order valence-corrected chi connectivity index (χ1v) is 13.6. The number of methoxy groups -OCH3 is 1. The molecule has 1 amide bonds. The van der Waals surface area contributed by atoms with Crippen molar-refractivity contribution in [1.29, 1.82) is 0 Å². The molecular weight excluding hydrogens is 508 g/mol. The van der Waals surface area contributed by atoms with E-state index in [1.165, 1.54) is 35.8 Å². The van der Waals surface area contributed by atoms with Crippen molar-refractivity contribution in [2.45, 2.75) is 39.1 Å². The summed E-state index contributed by atoms with van der Waals surface area (Å²) in [6.07, 6.45) is 0. The van der Waals surface area contributed by atoms with Crippen LogP contribution in [-0.4, -0.2) is 39.5 Å². The first kappa shape index (κ1) is 26.4. The molecule has 0 spiro atoms. The number of anilines is 1. The predicted molar refractivity (Wildman–Crippen MR) is 146 cm³/mol. The highest BCUT2D eigenvalue weighted by molar-refractivity contribution is 7.99. The third-order valence-corrected chi connectivity index (χ3v) is 7.51. The lowest BCUT2D eigenvalue weighted by atomic mass is 10.0. The molecule has 2 aromatic carbocycles. The van der Waals surface area contributed by atoms with Crippen LogP contribution >= 0.6 is 23.1 Å². The van der Waals surface area contributed by atoms with Gasteiger partial charge in [-0.3, -0.25) is 4.79 Å². The van der Waals surface area contributed by atoms with Crippen molar-refractivity contribution in [2.75, 3.05) is 18.2 Å². The normalized spacial score (nSPS) is 10.8. The fourth-order valence-corrected chi connectivity index (χ4v) is 5.63. The van der Waals surface area contributed by atoms with Gasteiger partial charge in [0, 0.05) is 17.5 Å². The first-order chi connectivity index (χ1) is 17.9. The van der Waals surface area contributed by atoms with E-state index >= 15 is 0 Å². The molecule has 0 aliphatic carbocycles. The third kappa shape index (κ3) is 6.20. The number of benzene rings is 2. The van der Waals surface area contributed by atoms with Gasteiger partial charge in [-0.15, -0.1) is 21.5 Å². The average Bonchev–Trinajstić information content (AvgIpc) is 3.50. The number of thiophene rings is 1. The van der Waals surface area contributed by atoms with Gasteiger partial charge in [-0.2, -0.15) is 0 Å². The molecular formula is C27H28N4O4S2. The lowest BCUT2D eigenvalue weighted by Crippen LogP contribution is -2.16. The van der Waals surface area contributed by atoms with Crippen molar-refractivity contribution < 1.29 is 19.1 Å². The maximum atomic E-state index is 12.8. The molecule has 0 unspecified atom stereocenters. The van der Waals surface area contributed by atoms with Crippen LogP contribution < -0.4 is 10.1 Å². The smallest absolute Gasteiger partial charge is 0.341 e. The first-order valence-electron chi connectivity index (χ1n) is 11.7. The van der Waals surface area contributed by atoms with Gasteiger partial charge in [0.15, 0.2) is 11.0 Å². The summed E-state index contributed by atoms with van der Waals surface area (Å²) >= 11 is 2.57. The Balaban J connectivity index is 1.42. The summed E-state index contributed by atoms with van der Waals surface area (Å²) in [5.41, 5.74) is 4.18. The second kappa shape index (κ2) is 12.1. The van der Waals surface area contributed by atoms with E-state index in [9.17, 15) is 9.59 Å². The quantitative estimate of drug-likeness (QED) is 0.204. The topological polar surface area (TPSA) is 95.3 Å². The highest BCUT2D eigenvalue weighted by Crippen LogP contribution is 2.36. The summed E-state index contributed by atoms with van der Waals surface area (Å²) in [6.45, 7) is 6.96. The summed E-state index contributed by atoms with van der Waals surface area (Å²) in [6, 6.07) is 15.6. The van der Waals surface area contributed by atoms with Crippen LogP contribution in [0.2, 0.25) is 0 Å². The number of aryl methyl sites for hydroxylation is 2. The Bertz CT molecular complexity index is 1400. The van der Waals surface area contributed by atoms with Crippen LogP contribution in [0, 0.1) is 13.8 Å². The molecule has 37 heavy (non-hydrogen) atoms. The van der Waals surface area contributed by atoms with Gasteiger partial charge in [-0.1, -0.05) is 59.8 Å². The molecule has 0 saturated carbocycles. The van der Waals surface area contributed by atoms with Gasteiger partial charge in [0.25, 0.3) is 0 Å². The highest BCUT2D eigenvalue weighted by Gasteiger charge is 2.23. The molecule has 4 rings (SSSR count). The molecule has 0 aliphatic heterocycles. The average molecular weight is 537 g/mol. The second-order valence-corrected chi connectivity index (χ2v) is 10.1. The lowest BCUT2D eigenvalue weighted by Gasteiger charge is -2.11. The number of rotatable bonds is 10. The molecule has 192 valence electrons. The van der Waals surface area contributed by atoms with E-state index in [1.807, 2.05) is 73.2 Å². The largest absolute Gasteiger partial charge is 0.485 e. The van der Waals surface area contributed by atoms with Gasteiger partial charge < -0.3 is 19.4 Å². The van der Waals surface area contributed by atoms with E-state index in [0.29, 0.717) is 28.1 Å². The molecule has 0 aliphatic rings. The van der Waals surface area contributed by atoms with Crippen molar-refractivity contribution in [1.82, 2.24) is 14.8 Å². The summed E-state index contributed by atoms with van der Waals surface area (Å²) in [5, 5.41) is 14.3. The van der Waals surface area contributed by atoms with E-state index < -0.39 is 5.97 Å². The molecule has 0 bridgehead atoms. The van der Waals surface area contributed by atoms with E-state index in [-0.39, 0.29) is 18.3 Å². The fraction of sp³-hybridized carbons (Fsp3) is 0.259. The van der Waals surface area contributed by atoms with Crippen molar-refractivity contribution in [3.05, 3.63) is 76.4 Å². The molecule has 0 saturated heterocycles. The van der Waals surface area contributed by atoms with Gasteiger partial charge >= 0.3 is 5.97 Å². The van der Waals surface area contributed by atoms with Crippen LogP contribution in [-0.2, 0) is 22.7 Å². The van der Waals surface area contributed by atoms with Gasteiger partial charge in [-0.25, -0.2) is 4.79 Å². The Morgan fingerprint density at radius 1 is 1.11 bits per heavy atom. The van der Waals surface area contributed by atoms with E-state index in [4.69, 9.17) is 9.47 Å². The number of carbonyl (C=O) groups excluding carboxylic acids is 2. The molecule has 10 heteroatoms. The number of carbonyl (C=O) groups is 2. The molecule has 2 heterocycles. The number of hydrogen-bond donors (Lipinski definition) is 1. The monoisotopic (exact) mass is 536 g/mol. The molecule has 0 radical (unpaired) electrons. The number of aromatic nitrogens is 3. The maximum Gasteiger partial charge on any atom is 0.341 e. The van der Waals surface area contributed by atoms with Gasteiger partial charge in [0.2, 0.25) is 5.91 Å². The lowest BCUT2D eigenvalue weighted by molar-refractivity contribution is -0.113. The predicted octanol–water partition coefficient (Wildman–Crippen LogP) is 5.74. The number of hydrogen-bond acceptors (Lipinski definition) is 8. The van der Waals surface area contributed by atoms with Crippen LogP contribution in [0.5, 0.6) is 5.75 Å². The zero-order valence-electron chi connectivity index (χ0n) is 21.1. The minimum Gasteiger partial charge on any atom is -0.485 e. The van der Waals surface area contributed by atoms with Crippen molar-refractivity contribution >= 4 is 40.0 Å². The number of ether oxygens (including phenoxy) is 2. The zero-order valence-corrected chi connectivity index (χ0v) is 22.7. The SMILES string of the molecule is CCn1c(COc2ccc(C)cc2C)nnc1SCC(=O)Nc1scc(-c2ccccc2)c1C(=O)OC. The molecule has 0 fully saturated rings. The Kier molecular flexibility index (Phi) is 8.62. The van der Waals surface area contributed by atoms with Crippen molar-refractivity contribution in [3.8, 4) is 16.9 Å². The van der Waals surface area contributed by atoms with Crippen LogP contribution in [0.3, 0.4) is 0 Å². The molecule has 2 aromatic heterocycles. The maximum absolute atomic E-state index is 12.8. The standard InChI is InChI=1S/C27H28N4O4S2/c1-5-31-22(14-35-21-12-11-17(2)13-18(21)3)29-30-27(31)37-16-23(32)28-25-24(26(33)34-4)20(15-36-25)19-9-7-6-8-10-19/h6-13,15H,5,14,16H2,1-4H3,(H,28,32). The van der Waals surface area contributed by atoms with Gasteiger partial charge in [-0.05, 0) is 38.0 Å². The van der Waals surface area contributed by atoms with E-state index in [2.05, 4.69) is 21.6 Å². The van der Waals surface area contributed by atoms with Gasteiger partial charge in [0.05, 0.1) is 12.9 Å². The summed E-state index contributed by atoms with van der Waals surface area (Å²) in [7, 11) is 1.33. The van der Waals surface area contributed by atoms with Crippen LogP contribution in [0.15, 0.2) is 59.1 Å². The van der Waals surface area contributed by atoms with Crippen LogP contribution in [0.25, 0.3) is 11.1 Å². The molecule has 4 aromatic rings. The minimum atomic E-state index is -0.498. The van der Waals surface area contributed by atoms with E-state index in [1.54, 1.807) is 0 Å². The number of amides is 1. The third-order valence-electron chi connectivity index (χ3n) is 5.65. The molecule has 1 N–H and O–H groups in total. The summed E-state index contributed by atoms with van der Waals surface area (Å²) < 4.78 is 12.9. The van der Waals surface area contributed by atoms with Crippen LogP contribution in [0.4, 0.5) is 5.00 Å². The minimum absolute atomic E-state index is 0.106. The number of nitrogens with zero attached hydrogens (tertiary/aromatic N) is 3. The number of esters is 1. The summed E-state index contributed by atoms with van der Waals surface area (Å²) in [5.74, 6) is 0.841. The van der Waals surface area contributed by atoms with Crippen LogP contribution in [0.1, 0.15) is 34.2 Å². The second-order valence-electron chi connectivity index (χ2n) is 8.25. The van der Waals surface area contributed by atoms with E-state index in [0.717, 1.165) is 22.4 Å². The zero-order chi connectivity index (χ0) is 26.4. The Morgan fingerprint density at radius 2 is 1.89 bits per heavy atom. The fourth-order valence-electron chi connectivity index (χ4n) is 3.83. The van der Waals surface area contributed by atoms with Crippen molar-refractivity contribution in [2.24, 2.45) is 0 Å². The molecule has 0 atom stereocenters. The Morgan fingerprint density at radius 3 is 2.59 bits per heavy atom.